The molecular weight excluding hydrogens is 440 g/mol. The first-order valence-electron chi connectivity index (χ1n) is 9.08. The van der Waals surface area contributed by atoms with Gasteiger partial charge in [0.15, 0.2) is 5.75 Å². The fraction of sp³-hybridized carbons (Fsp3) is 0.105. The van der Waals surface area contributed by atoms with Gasteiger partial charge in [0.2, 0.25) is 23.6 Å². The number of nitro benzene ring substituents is 1. The normalized spacial score (nSPS) is 12.0. The molecule has 2 N–H and O–H groups in total. The van der Waals surface area contributed by atoms with Crippen LogP contribution < -0.4 is 20.2 Å². The van der Waals surface area contributed by atoms with Crippen LogP contribution in [0.4, 0.5) is 10.8 Å². The summed E-state index contributed by atoms with van der Waals surface area (Å²) in [5.41, 5.74) is 2.88. The average Bonchev–Trinajstić information content (AvgIpc) is 3.43. The average molecular weight is 454 g/mol. The molecule has 2 aromatic carbocycles. The molecule has 162 valence electrons. The van der Waals surface area contributed by atoms with Gasteiger partial charge in [0, 0.05) is 17.2 Å². The van der Waals surface area contributed by atoms with E-state index < -0.39 is 10.8 Å². The van der Waals surface area contributed by atoms with Crippen LogP contribution in [0.2, 0.25) is 0 Å². The third kappa shape index (κ3) is 4.84. The van der Waals surface area contributed by atoms with Crippen molar-refractivity contribution < 1.29 is 24.0 Å². The highest BCUT2D eigenvalue weighted by atomic mass is 32.1. The standard InChI is InChI=1S/C19H14N6O6S/c26-15(8-16-23-24-19(32-16)21-18(27)12-4-2-1-3-5-12)22-20-9-11-6-13(25(28)29)17-14(7-11)30-10-31-17/h1-7,9H,8,10H2,(H,22,26)(H,21,24,27)/b20-9+. The second-order valence-corrected chi connectivity index (χ2v) is 7.38. The van der Waals surface area contributed by atoms with E-state index in [0.29, 0.717) is 16.1 Å². The van der Waals surface area contributed by atoms with Gasteiger partial charge in [-0.1, -0.05) is 29.5 Å². The van der Waals surface area contributed by atoms with E-state index in [1.807, 2.05) is 0 Å². The van der Waals surface area contributed by atoms with Gasteiger partial charge in [-0.2, -0.15) is 5.10 Å². The summed E-state index contributed by atoms with van der Waals surface area (Å²) in [6.45, 7) is -0.108. The van der Waals surface area contributed by atoms with E-state index in [2.05, 4.69) is 26.0 Å². The van der Waals surface area contributed by atoms with Gasteiger partial charge in [-0.15, -0.1) is 10.2 Å². The van der Waals surface area contributed by atoms with Crippen molar-refractivity contribution >= 4 is 40.2 Å². The number of nitro groups is 1. The Morgan fingerprint density at radius 2 is 2.03 bits per heavy atom. The van der Waals surface area contributed by atoms with Crippen molar-refractivity contribution in [3.05, 3.63) is 68.7 Å². The van der Waals surface area contributed by atoms with Crippen LogP contribution in [0.25, 0.3) is 0 Å². The van der Waals surface area contributed by atoms with Crippen molar-refractivity contribution in [2.45, 2.75) is 6.42 Å². The molecule has 0 saturated heterocycles. The summed E-state index contributed by atoms with van der Waals surface area (Å²) in [6.07, 6.45) is 1.13. The number of carbonyl (C=O) groups excluding carboxylic acids is 2. The Hall–Kier alpha value is -4.39. The third-order valence-electron chi connectivity index (χ3n) is 4.11. The number of hydrazone groups is 1. The van der Waals surface area contributed by atoms with E-state index in [1.165, 1.54) is 18.3 Å². The van der Waals surface area contributed by atoms with Crippen LogP contribution >= 0.6 is 11.3 Å². The first-order chi connectivity index (χ1) is 15.5. The summed E-state index contributed by atoms with van der Waals surface area (Å²) in [5.74, 6) is -0.526. The van der Waals surface area contributed by atoms with E-state index in [9.17, 15) is 19.7 Å². The minimum atomic E-state index is -0.590. The molecule has 0 fully saturated rings. The maximum Gasteiger partial charge on any atom is 0.315 e. The van der Waals surface area contributed by atoms with Gasteiger partial charge in [0.05, 0.1) is 17.6 Å². The zero-order chi connectivity index (χ0) is 22.5. The molecule has 0 atom stereocenters. The Morgan fingerprint density at radius 1 is 1.22 bits per heavy atom. The molecule has 3 aromatic rings. The molecule has 0 radical (unpaired) electrons. The molecule has 1 aromatic heterocycles. The monoisotopic (exact) mass is 454 g/mol. The lowest BCUT2D eigenvalue weighted by molar-refractivity contribution is -0.385. The van der Waals surface area contributed by atoms with Gasteiger partial charge in [0.25, 0.3) is 5.91 Å². The number of nitrogens with zero attached hydrogens (tertiary/aromatic N) is 4. The lowest BCUT2D eigenvalue weighted by Crippen LogP contribution is -2.19. The summed E-state index contributed by atoms with van der Waals surface area (Å²) in [4.78, 5) is 34.8. The van der Waals surface area contributed by atoms with Crippen molar-refractivity contribution in [2.75, 3.05) is 12.1 Å². The van der Waals surface area contributed by atoms with Crippen LogP contribution in [-0.2, 0) is 11.2 Å². The number of hydrogen-bond acceptors (Lipinski definition) is 10. The molecule has 32 heavy (non-hydrogen) atoms. The van der Waals surface area contributed by atoms with Crippen LogP contribution in [0.5, 0.6) is 11.5 Å². The van der Waals surface area contributed by atoms with Gasteiger partial charge in [0.1, 0.15) is 5.01 Å². The van der Waals surface area contributed by atoms with Crippen LogP contribution in [0.1, 0.15) is 20.9 Å². The molecule has 0 bridgehead atoms. The first kappa shape index (κ1) is 20.9. The summed E-state index contributed by atoms with van der Waals surface area (Å²) in [5, 5.41) is 25.9. The predicted molar refractivity (Wildman–Crippen MR) is 113 cm³/mol. The lowest BCUT2D eigenvalue weighted by atomic mass is 10.2. The number of amides is 2. The summed E-state index contributed by atoms with van der Waals surface area (Å²) in [7, 11) is 0. The summed E-state index contributed by atoms with van der Waals surface area (Å²) >= 11 is 1.06. The van der Waals surface area contributed by atoms with Crippen molar-refractivity contribution in [3.8, 4) is 11.5 Å². The van der Waals surface area contributed by atoms with Crippen LogP contribution in [0.3, 0.4) is 0 Å². The molecule has 0 saturated carbocycles. The van der Waals surface area contributed by atoms with E-state index in [1.54, 1.807) is 30.3 Å². The maximum atomic E-state index is 12.1. The molecule has 13 heteroatoms. The largest absolute Gasteiger partial charge is 0.453 e. The van der Waals surface area contributed by atoms with Gasteiger partial charge in [-0.3, -0.25) is 25.0 Å². The number of ether oxygens (including phenoxy) is 2. The maximum absolute atomic E-state index is 12.1. The predicted octanol–water partition coefficient (Wildman–Crippen LogP) is 2.12. The molecule has 2 amide bonds. The number of carbonyl (C=O) groups is 2. The van der Waals surface area contributed by atoms with Crippen LogP contribution in [0.15, 0.2) is 47.6 Å². The highest BCUT2D eigenvalue weighted by molar-refractivity contribution is 7.15. The van der Waals surface area contributed by atoms with Crippen molar-refractivity contribution in [1.29, 1.82) is 0 Å². The molecule has 0 unspecified atom stereocenters. The molecule has 1 aliphatic heterocycles. The zero-order valence-corrected chi connectivity index (χ0v) is 17.0. The van der Waals surface area contributed by atoms with E-state index in [-0.39, 0.29) is 41.4 Å². The van der Waals surface area contributed by atoms with Gasteiger partial charge in [-0.05, 0) is 18.2 Å². The number of aromatic nitrogens is 2. The first-order valence-corrected chi connectivity index (χ1v) is 9.90. The van der Waals surface area contributed by atoms with Gasteiger partial charge in [-0.25, -0.2) is 5.43 Å². The van der Waals surface area contributed by atoms with Crippen LogP contribution in [0, 0.1) is 10.1 Å². The molecule has 4 rings (SSSR count). The topological polar surface area (TPSA) is 158 Å². The highest BCUT2D eigenvalue weighted by Crippen LogP contribution is 2.41. The van der Waals surface area contributed by atoms with E-state index in [0.717, 1.165) is 11.3 Å². The lowest BCUT2D eigenvalue weighted by Gasteiger charge is -2.00. The second kappa shape index (κ2) is 9.18. The minimum Gasteiger partial charge on any atom is -0.453 e. The fourth-order valence-electron chi connectivity index (χ4n) is 2.71. The Bertz CT molecular complexity index is 1210. The Morgan fingerprint density at radius 3 is 2.81 bits per heavy atom. The number of nitrogens with one attached hydrogen (secondary N) is 2. The van der Waals surface area contributed by atoms with Crippen molar-refractivity contribution in [2.24, 2.45) is 5.10 Å². The molecule has 0 spiro atoms. The Labute approximate surface area is 184 Å². The number of benzene rings is 2. The smallest absolute Gasteiger partial charge is 0.315 e. The third-order valence-corrected chi connectivity index (χ3v) is 4.95. The Balaban J connectivity index is 1.33. The summed E-state index contributed by atoms with van der Waals surface area (Å²) in [6, 6.07) is 11.4. The molecule has 12 nitrogen and oxygen atoms in total. The number of anilines is 1. The number of rotatable bonds is 7. The molecular formula is C19H14N6O6S. The van der Waals surface area contributed by atoms with Crippen molar-refractivity contribution in [1.82, 2.24) is 15.6 Å². The number of hydrogen-bond donors (Lipinski definition) is 2. The molecule has 0 aliphatic carbocycles. The van der Waals surface area contributed by atoms with Crippen LogP contribution in [-0.4, -0.2) is 39.9 Å². The number of fused-ring (bicyclic) bond motifs is 1. The van der Waals surface area contributed by atoms with Crippen molar-refractivity contribution in [3.63, 3.8) is 0 Å². The quantitative estimate of drug-likeness (QED) is 0.312. The van der Waals surface area contributed by atoms with Gasteiger partial charge >= 0.3 is 5.69 Å². The summed E-state index contributed by atoms with van der Waals surface area (Å²) < 4.78 is 10.3. The SMILES string of the molecule is O=C(Cc1nnc(NC(=O)c2ccccc2)s1)N/N=C/c1cc2c(c([N+](=O)[O-])c1)OCO2. The second-order valence-electron chi connectivity index (χ2n) is 6.32. The molecule has 2 heterocycles. The van der Waals surface area contributed by atoms with E-state index >= 15 is 0 Å². The molecule has 1 aliphatic rings. The Kier molecular flexibility index (Phi) is 5.98. The van der Waals surface area contributed by atoms with E-state index in [4.69, 9.17) is 9.47 Å². The zero-order valence-electron chi connectivity index (χ0n) is 16.2. The fourth-order valence-corrected chi connectivity index (χ4v) is 3.45. The minimum absolute atomic E-state index is 0.0580. The van der Waals surface area contributed by atoms with Gasteiger partial charge < -0.3 is 9.47 Å². The highest BCUT2D eigenvalue weighted by Gasteiger charge is 2.26.